The van der Waals surface area contributed by atoms with Gasteiger partial charge in [-0.3, -0.25) is 0 Å². The summed E-state index contributed by atoms with van der Waals surface area (Å²) in [7, 11) is 0. The average Bonchev–Trinajstić information content (AvgIpc) is 2.67. The van der Waals surface area contributed by atoms with Gasteiger partial charge in [-0.05, 0) is 62.9 Å². The van der Waals surface area contributed by atoms with E-state index in [9.17, 15) is 0 Å². The van der Waals surface area contributed by atoms with E-state index in [1.54, 1.807) is 0 Å². The van der Waals surface area contributed by atoms with Crippen molar-refractivity contribution in [3.8, 4) is 5.75 Å². The lowest BCUT2D eigenvalue weighted by molar-refractivity contribution is 0.142. The lowest BCUT2D eigenvalue weighted by Crippen LogP contribution is -2.36. The third-order valence-electron chi connectivity index (χ3n) is 4.52. The first-order valence-electron chi connectivity index (χ1n) is 9.57. The third kappa shape index (κ3) is 8.22. The highest BCUT2D eigenvalue weighted by atomic mass is 16.5. The van der Waals surface area contributed by atoms with E-state index < -0.39 is 0 Å². The fourth-order valence-electron chi connectivity index (χ4n) is 2.92. The molecule has 1 heterocycles. The fourth-order valence-corrected chi connectivity index (χ4v) is 2.92. The van der Waals surface area contributed by atoms with Crippen molar-refractivity contribution in [2.75, 3.05) is 26.2 Å². The number of hydrogen-bond acceptors (Lipinski definition) is 2. The summed E-state index contributed by atoms with van der Waals surface area (Å²) in [6.45, 7) is 18.0. The van der Waals surface area contributed by atoms with Crippen LogP contribution in [-0.2, 0) is 0 Å². The lowest BCUT2D eigenvalue weighted by atomic mass is 9.97. The van der Waals surface area contributed by atoms with Crippen LogP contribution in [0.2, 0.25) is 0 Å². The number of rotatable bonds is 8. The van der Waals surface area contributed by atoms with Crippen LogP contribution >= 0.6 is 0 Å². The molecule has 0 atom stereocenters. The van der Waals surface area contributed by atoms with Crippen LogP contribution in [-0.4, -0.2) is 31.1 Å². The Hall–Kier alpha value is -1.80. The Kier molecular flexibility index (Phi) is 10.7. The Morgan fingerprint density at radius 1 is 1.16 bits per heavy atom. The molecule has 1 saturated heterocycles. The van der Waals surface area contributed by atoms with Crippen molar-refractivity contribution in [1.29, 1.82) is 0 Å². The summed E-state index contributed by atoms with van der Waals surface area (Å²) in [6, 6.07) is 8.33. The van der Waals surface area contributed by atoms with Crippen molar-refractivity contribution in [3.05, 3.63) is 66.8 Å². The molecule has 25 heavy (non-hydrogen) atoms. The molecular weight excluding hydrogens is 306 g/mol. The van der Waals surface area contributed by atoms with Crippen LogP contribution in [0.5, 0.6) is 5.75 Å². The van der Waals surface area contributed by atoms with Crippen LogP contribution in [0.4, 0.5) is 0 Å². The van der Waals surface area contributed by atoms with E-state index in [2.05, 4.69) is 55.3 Å². The number of aryl methyl sites for hydroxylation is 1. The summed E-state index contributed by atoms with van der Waals surface area (Å²) >= 11 is 0. The molecule has 0 unspecified atom stereocenters. The number of hydrogen-bond donors (Lipinski definition) is 0. The molecular formula is C23H35NO. The Labute approximate surface area is 154 Å². The standard InChI is InChI=1S/C21H29NO.C2H6/c1-4-6-19(5-2)11-14-22-15-12-20(13-16-22)17-23-21-9-7-18(3)8-10-21;1-2/h4-10,20H,1-2,11-17H2,3H3;1-2H3/b19-6+;. The maximum Gasteiger partial charge on any atom is 0.119 e. The largest absolute Gasteiger partial charge is 0.493 e. The fraction of sp³-hybridized carbons (Fsp3) is 0.478. The highest BCUT2D eigenvalue weighted by Gasteiger charge is 2.19. The molecule has 1 aromatic carbocycles. The van der Waals surface area contributed by atoms with Crippen LogP contribution < -0.4 is 4.74 Å². The van der Waals surface area contributed by atoms with Crippen molar-refractivity contribution >= 4 is 0 Å². The highest BCUT2D eigenvalue weighted by molar-refractivity contribution is 5.26. The molecule has 1 aromatic rings. The molecule has 0 radical (unpaired) electrons. The maximum absolute atomic E-state index is 5.93. The zero-order valence-electron chi connectivity index (χ0n) is 16.3. The van der Waals surface area contributed by atoms with E-state index in [0.717, 1.165) is 25.3 Å². The van der Waals surface area contributed by atoms with E-state index in [4.69, 9.17) is 4.74 Å². The van der Waals surface area contributed by atoms with Gasteiger partial charge in [0.05, 0.1) is 6.61 Å². The van der Waals surface area contributed by atoms with Gasteiger partial charge < -0.3 is 9.64 Å². The minimum Gasteiger partial charge on any atom is -0.493 e. The van der Waals surface area contributed by atoms with E-state index in [-0.39, 0.29) is 0 Å². The van der Waals surface area contributed by atoms with E-state index >= 15 is 0 Å². The summed E-state index contributed by atoms with van der Waals surface area (Å²) in [6.07, 6.45) is 9.33. The van der Waals surface area contributed by atoms with Crippen LogP contribution in [0.15, 0.2) is 61.2 Å². The smallest absolute Gasteiger partial charge is 0.119 e. The second kappa shape index (κ2) is 12.5. The van der Waals surface area contributed by atoms with Crippen LogP contribution in [0.1, 0.15) is 38.7 Å². The van der Waals surface area contributed by atoms with Crippen molar-refractivity contribution in [2.24, 2.45) is 5.92 Å². The second-order valence-corrected chi connectivity index (χ2v) is 6.34. The molecule has 1 aliphatic rings. The average molecular weight is 342 g/mol. The SMILES string of the molecule is C=C/C=C(\C=C)CCN1CCC(COc2ccc(C)cc2)CC1.CC. The molecule has 0 aromatic heterocycles. The summed E-state index contributed by atoms with van der Waals surface area (Å²) in [4.78, 5) is 2.54. The van der Waals surface area contributed by atoms with Gasteiger partial charge in [0, 0.05) is 6.54 Å². The molecule has 2 heteroatoms. The molecule has 1 fully saturated rings. The third-order valence-corrected chi connectivity index (χ3v) is 4.52. The quantitative estimate of drug-likeness (QED) is 0.554. The first kappa shape index (κ1) is 21.2. The molecule has 0 saturated carbocycles. The molecule has 138 valence electrons. The number of ether oxygens (including phenoxy) is 1. The zero-order valence-corrected chi connectivity index (χ0v) is 16.3. The van der Waals surface area contributed by atoms with Gasteiger partial charge in [-0.2, -0.15) is 0 Å². The first-order valence-corrected chi connectivity index (χ1v) is 9.57. The molecule has 0 N–H and O–H groups in total. The van der Waals surface area contributed by atoms with Gasteiger partial charge in [-0.1, -0.05) is 62.9 Å². The summed E-state index contributed by atoms with van der Waals surface area (Å²) in [5, 5.41) is 0. The normalized spacial score (nSPS) is 15.9. The van der Waals surface area contributed by atoms with Crippen molar-refractivity contribution < 1.29 is 4.74 Å². The number of allylic oxidation sites excluding steroid dienone is 3. The zero-order chi connectivity index (χ0) is 18.5. The summed E-state index contributed by atoms with van der Waals surface area (Å²) < 4.78 is 5.93. The molecule has 2 nitrogen and oxygen atoms in total. The van der Waals surface area contributed by atoms with E-state index in [0.29, 0.717) is 5.92 Å². The molecule has 0 aliphatic carbocycles. The van der Waals surface area contributed by atoms with Gasteiger partial charge >= 0.3 is 0 Å². The maximum atomic E-state index is 5.93. The first-order chi connectivity index (χ1) is 12.2. The van der Waals surface area contributed by atoms with E-state index in [1.165, 1.54) is 37.1 Å². The van der Waals surface area contributed by atoms with Gasteiger partial charge in [0.2, 0.25) is 0 Å². The van der Waals surface area contributed by atoms with Crippen molar-refractivity contribution in [3.63, 3.8) is 0 Å². The van der Waals surface area contributed by atoms with Crippen LogP contribution in [0, 0.1) is 12.8 Å². The molecule has 0 amide bonds. The monoisotopic (exact) mass is 341 g/mol. The van der Waals surface area contributed by atoms with Crippen molar-refractivity contribution in [1.82, 2.24) is 4.90 Å². The summed E-state index contributed by atoms with van der Waals surface area (Å²) in [5.74, 6) is 1.67. The molecule has 1 aliphatic heterocycles. The lowest BCUT2D eigenvalue weighted by Gasteiger charge is -2.31. The molecule has 2 rings (SSSR count). The number of benzene rings is 1. The number of nitrogens with zero attached hydrogens (tertiary/aromatic N) is 1. The molecule has 0 spiro atoms. The minimum absolute atomic E-state index is 0.676. The second-order valence-electron chi connectivity index (χ2n) is 6.34. The number of piperidine rings is 1. The topological polar surface area (TPSA) is 12.5 Å². The number of likely N-dealkylation sites (tertiary alicyclic amines) is 1. The van der Waals surface area contributed by atoms with Gasteiger partial charge in [0.15, 0.2) is 0 Å². The van der Waals surface area contributed by atoms with Gasteiger partial charge in [-0.15, -0.1) is 0 Å². The van der Waals surface area contributed by atoms with Crippen LogP contribution in [0.3, 0.4) is 0 Å². The predicted octanol–water partition coefficient (Wildman–Crippen LogP) is 5.80. The Bertz CT molecular complexity index is 522. The summed E-state index contributed by atoms with van der Waals surface area (Å²) in [5.41, 5.74) is 2.54. The highest BCUT2D eigenvalue weighted by Crippen LogP contribution is 2.20. The Balaban J connectivity index is 0.00000151. The molecule has 0 bridgehead atoms. The predicted molar refractivity (Wildman–Crippen MR) is 110 cm³/mol. The van der Waals surface area contributed by atoms with Crippen molar-refractivity contribution in [2.45, 2.75) is 40.0 Å². The Morgan fingerprint density at radius 2 is 1.80 bits per heavy atom. The van der Waals surface area contributed by atoms with Gasteiger partial charge in [0.1, 0.15) is 5.75 Å². The van der Waals surface area contributed by atoms with Crippen LogP contribution in [0.25, 0.3) is 0 Å². The van der Waals surface area contributed by atoms with E-state index in [1.807, 2.05) is 26.0 Å². The minimum atomic E-state index is 0.676. The van der Waals surface area contributed by atoms with Gasteiger partial charge in [-0.25, -0.2) is 0 Å². The Morgan fingerprint density at radius 3 is 2.36 bits per heavy atom. The van der Waals surface area contributed by atoms with Gasteiger partial charge in [0.25, 0.3) is 0 Å².